The molecule has 0 bridgehead atoms. The van der Waals surface area contributed by atoms with Crippen molar-refractivity contribution in [2.45, 2.75) is 39.7 Å². The molecule has 0 radical (unpaired) electrons. The molecule has 2 rings (SSSR count). The molecular weight excluding hydrogens is 293 g/mol. The van der Waals surface area contributed by atoms with Crippen molar-refractivity contribution in [2.24, 2.45) is 11.3 Å². The molecule has 1 N–H and O–H groups in total. The van der Waals surface area contributed by atoms with Gasteiger partial charge in [-0.2, -0.15) is 0 Å². The number of aliphatic hydroxyl groups excluding tert-OH is 1. The van der Waals surface area contributed by atoms with Crippen LogP contribution in [-0.4, -0.2) is 29.0 Å². The van der Waals surface area contributed by atoms with Gasteiger partial charge in [-0.25, -0.2) is 4.39 Å². The Hall–Kier alpha value is -1.68. The smallest absolute Gasteiger partial charge is 0.246 e. The standard InChI is InChI=1S/C19H26FNO2/c1-19(2,3)11-8-17(22)21-12-9-15(10-13-21)18(23)14-4-6-16(20)7-5-14/h4-8,11,15,18,23H,9-10,12-13H2,1-3H3. The first-order chi connectivity index (χ1) is 10.8. The van der Waals surface area contributed by atoms with Crippen molar-refractivity contribution in [3.63, 3.8) is 0 Å². The van der Waals surface area contributed by atoms with E-state index in [2.05, 4.69) is 20.8 Å². The fraction of sp³-hybridized carbons (Fsp3) is 0.526. The number of halogens is 1. The van der Waals surface area contributed by atoms with Gasteiger partial charge in [0.2, 0.25) is 5.91 Å². The van der Waals surface area contributed by atoms with Crippen molar-refractivity contribution >= 4 is 5.91 Å². The molecule has 1 fully saturated rings. The Kier molecular flexibility index (Phi) is 5.58. The fourth-order valence-electron chi connectivity index (χ4n) is 2.79. The number of carbonyl (C=O) groups excluding carboxylic acids is 1. The molecule has 1 heterocycles. The summed E-state index contributed by atoms with van der Waals surface area (Å²) < 4.78 is 13.0. The molecule has 1 aliphatic rings. The number of carbonyl (C=O) groups is 1. The van der Waals surface area contributed by atoms with Crippen molar-refractivity contribution in [3.05, 3.63) is 47.8 Å². The second-order valence-electron chi connectivity index (χ2n) is 7.36. The first-order valence-corrected chi connectivity index (χ1v) is 8.18. The van der Waals surface area contributed by atoms with Crippen LogP contribution in [0.1, 0.15) is 45.3 Å². The molecule has 0 aromatic heterocycles. The number of amides is 1. The lowest BCUT2D eigenvalue weighted by Crippen LogP contribution is -2.39. The summed E-state index contributed by atoms with van der Waals surface area (Å²) in [6, 6.07) is 6.00. The Bertz CT molecular complexity index is 552. The molecule has 1 atom stereocenters. The largest absolute Gasteiger partial charge is 0.388 e. The third-order valence-corrected chi connectivity index (χ3v) is 4.24. The van der Waals surface area contributed by atoms with Crippen LogP contribution in [-0.2, 0) is 4.79 Å². The summed E-state index contributed by atoms with van der Waals surface area (Å²) in [5, 5.41) is 10.4. The minimum Gasteiger partial charge on any atom is -0.388 e. The van der Waals surface area contributed by atoms with Gasteiger partial charge >= 0.3 is 0 Å². The van der Waals surface area contributed by atoms with E-state index >= 15 is 0 Å². The molecule has 3 nitrogen and oxygen atoms in total. The summed E-state index contributed by atoms with van der Waals surface area (Å²) in [5.74, 6) is -0.155. The highest BCUT2D eigenvalue weighted by atomic mass is 19.1. The van der Waals surface area contributed by atoms with Crippen molar-refractivity contribution in [3.8, 4) is 0 Å². The van der Waals surface area contributed by atoms with Crippen LogP contribution in [0.25, 0.3) is 0 Å². The van der Waals surface area contributed by atoms with E-state index in [4.69, 9.17) is 0 Å². The van der Waals surface area contributed by atoms with Crippen LogP contribution in [0.2, 0.25) is 0 Å². The van der Waals surface area contributed by atoms with Crippen LogP contribution in [0.15, 0.2) is 36.4 Å². The van der Waals surface area contributed by atoms with Crippen LogP contribution < -0.4 is 0 Å². The first-order valence-electron chi connectivity index (χ1n) is 8.18. The Balaban J connectivity index is 1.89. The molecule has 1 saturated heterocycles. The van der Waals surface area contributed by atoms with Crippen LogP contribution >= 0.6 is 0 Å². The Morgan fingerprint density at radius 1 is 1.26 bits per heavy atom. The van der Waals surface area contributed by atoms with E-state index in [0.717, 1.165) is 18.4 Å². The van der Waals surface area contributed by atoms with Crippen LogP contribution in [0.3, 0.4) is 0 Å². The van der Waals surface area contributed by atoms with Crippen LogP contribution in [0, 0.1) is 17.2 Å². The Labute approximate surface area is 137 Å². The van der Waals surface area contributed by atoms with E-state index in [-0.39, 0.29) is 23.1 Å². The van der Waals surface area contributed by atoms with Gasteiger partial charge in [0.15, 0.2) is 0 Å². The average Bonchev–Trinajstić information content (AvgIpc) is 2.52. The lowest BCUT2D eigenvalue weighted by molar-refractivity contribution is -0.128. The Morgan fingerprint density at radius 2 is 1.83 bits per heavy atom. The highest BCUT2D eigenvalue weighted by molar-refractivity contribution is 5.87. The zero-order chi connectivity index (χ0) is 17.0. The predicted octanol–water partition coefficient (Wildman–Crippen LogP) is 3.70. The number of nitrogens with zero attached hydrogens (tertiary/aromatic N) is 1. The number of likely N-dealkylation sites (tertiary alicyclic amines) is 1. The first kappa shape index (κ1) is 17.7. The van der Waals surface area contributed by atoms with Crippen LogP contribution in [0.4, 0.5) is 4.39 Å². The van der Waals surface area contributed by atoms with Crippen molar-refractivity contribution in [2.75, 3.05) is 13.1 Å². The Morgan fingerprint density at radius 3 is 2.35 bits per heavy atom. The number of hydrogen-bond acceptors (Lipinski definition) is 2. The minimum atomic E-state index is -0.599. The maximum atomic E-state index is 13.0. The maximum Gasteiger partial charge on any atom is 0.246 e. The van der Waals surface area contributed by atoms with Gasteiger partial charge in [-0.3, -0.25) is 4.79 Å². The number of hydrogen-bond donors (Lipinski definition) is 1. The number of rotatable bonds is 3. The molecule has 1 aromatic carbocycles. The molecule has 1 amide bonds. The maximum absolute atomic E-state index is 13.0. The highest BCUT2D eigenvalue weighted by Gasteiger charge is 2.27. The minimum absolute atomic E-state index is 0.00718. The number of aliphatic hydroxyl groups is 1. The summed E-state index contributed by atoms with van der Waals surface area (Å²) in [6.07, 6.45) is 4.49. The van der Waals surface area contributed by atoms with Gasteiger partial charge < -0.3 is 10.0 Å². The number of piperidine rings is 1. The highest BCUT2D eigenvalue weighted by Crippen LogP contribution is 2.31. The summed E-state index contributed by atoms with van der Waals surface area (Å²) in [6.45, 7) is 7.47. The second kappa shape index (κ2) is 7.26. The van der Waals surface area contributed by atoms with Gasteiger partial charge in [-0.15, -0.1) is 0 Å². The summed E-state index contributed by atoms with van der Waals surface area (Å²) in [4.78, 5) is 14.0. The van der Waals surface area contributed by atoms with Crippen LogP contribution in [0.5, 0.6) is 0 Å². The molecule has 0 saturated carbocycles. The normalized spacial score (nSPS) is 18.4. The van der Waals surface area contributed by atoms with Gasteiger partial charge in [0, 0.05) is 13.1 Å². The van der Waals surface area contributed by atoms with E-state index in [9.17, 15) is 14.3 Å². The summed E-state index contributed by atoms with van der Waals surface area (Å²) in [5.41, 5.74) is 0.732. The van der Waals surface area contributed by atoms with E-state index < -0.39 is 6.10 Å². The number of benzene rings is 1. The number of allylic oxidation sites excluding steroid dienone is 1. The fourth-order valence-corrected chi connectivity index (χ4v) is 2.79. The van der Waals surface area contributed by atoms with E-state index in [1.54, 1.807) is 18.2 Å². The van der Waals surface area contributed by atoms with E-state index in [1.807, 2.05) is 11.0 Å². The second-order valence-corrected chi connectivity index (χ2v) is 7.36. The van der Waals surface area contributed by atoms with E-state index in [0.29, 0.717) is 13.1 Å². The SMILES string of the molecule is CC(C)(C)C=CC(=O)N1CCC(C(O)c2ccc(F)cc2)CC1. The lowest BCUT2D eigenvalue weighted by atomic mass is 9.87. The van der Waals surface area contributed by atoms with Gasteiger partial charge in [-0.05, 0) is 47.9 Å². The predicted molar refractivity (Wildman–Crippen MR) is 89.3 cm³/mol. The average molecular weight is 319 g/mol. The topological polar surface area (TPSA) is 40.5 Å². The molecule has 1 aromatic rings. The summed E-state index contributed by atoms with van der Waals surface area (Å²) in [7, 11) is 0. The molecule has 0 spiro atoms. The molecule has 0 aliphatic carbocycles. The van der Waals surface area contributed by atoms with Gasteiger partial charge in [0.05, 0.1) is 6.10 Å². The van der Waals surface area contributed by atoms with Gasteiger partial charge in [0.1, 0.15) is 5.82 Å². The zero-order valence-corrected chi connectivity index (χ0v) is 14.1. The lowest BCUT2D eigenvalue weighted by Gasteiger charge is -2.34. The van der Waals surface area contributed by atoms with E-state index in [1.165, 1.54) is 12.1 Å². The quantitative estimate of drug-likeness (QED) is 0.863. The van der Waals surface area contributed by atoms with Crippen molar-refractivity contribution < 1.29 is 14.3 Å². The van der Waals surface area contributed by atoms with Gasteiger partial charge in [0.25, 0.3) is 0 Å². The third-order valence-electron chi connectivity index (χ3n) is 4.24. The molecule has 126 valence electrons. The monoisotopic (exact) mass is 319 g/mol. The molecular formula is C19H26FNO2. The third kappa shape index (κ3) is 5.17. The molecule has 4 heteroatoms. The van der Waals surface area contributed by atoms with Crippen molar-refractivity contribution in [1.29, 1.82) is 0 Å². The zero-order valence-electron chi connectivity index (χ0n) is 14.1. The van der Waals surface area contributed by atoms with Crippen molar-refractivity contribution in [1.82, 2.24) is 4.90 Å². The molecule has 1 aliphatic heterocycles. The summed E-state index contributed by atoms with van der Waals surface area (Å²) >= 11 is 0. The molecule has 23 heavy (non-hydrogen) atoms. The molecule has 1 unspecified atom stereocenters. The van der Waals surface area contributed by atoms with Gasteiger partial charge in [-0.1, -0.05) is 39.0 Å².